The summed E-state index contributed by atoms with van der Waals surface area (Å²) in [4.78, 5) is 29.5. The molecule has 6 aromatic carbocycles. The van der Waals surface area contributed by atoms with Gasteiger partial charge >= 0.3 is 0 Å². The van der Waals surface area contributed by atoms with Crippen LogP contribution in [0, 0.1) is 51.4 Å². The van der Waals surface area contributed by atoms with Gasteiger partial charge in [0, 0.05) is 18.1 Å². The van der Waals surface area contributed by atoms with E-state index in [1.165, 1.54) is 43.2 Å². The van der Waals surface area contributed by atoms with E-state index in [2.05, 4.69) is 72.8 Å². The van der Waals surface area contributed by atoms with Crippen LogP contribution in [0.1, 0.15) is 73.3 Å². The number of hydrogen-bond acceptors (Lipinski definition) is 9. The summed E-state index contributed by atoms with van der Waals surface area (Å²) in [5, 5.41) is 26.7. The van der Waals surface area contributed by atoms with Gasteiger partial charge in [0.1, 0.15) is 30.1 Å². The van der Waals surface area contributed by atoms with Crippen LogP contribution in [0.15, 0.2) is 133 Å². The van der Waals surface area contributed by atoms with Crippen molar-refractivity contribution in [3.05, 3.63) is 167 Å². The third-order valence-electron chi connectivity index (χ3n) is 12.9. The maximum atomic E-state index is 13.7. The second-order valence-corrected chi connectivity index (χ2v) is 18.7. The Balaban J connectivity index is 0.000000104. The topological polar surface area (TPSA) is 189 Å². The maximum absolute atomic E-state index is 13.7. The fourth-order valence-electron chi connectivity index (χ4n) is 9.03. The molecule has 3 fully saturated rings. The highest BCUT2D eigenvalue weighted by Crippen LogP contribution is 2.42. The van der Waals surface area contributed by atoms with Gasteiger partial charge in [-0.1, -0.05) is 0 Å². The van der Waals surface area contributed by atoms with Crippen LogP contribution in [0.5, 0.6) is 0 Å². The molecule has 73 heavy (non-hydrogen) atoms. The van der Waals surface area contributed by atoms with E-state index in [1.807, 2.05) is 27.3 Å². The van der Waals surface area contributed by atoms with E-state index >= 15 is 0 Å². The van der Waals surface area contributed by atoms with Gasteiger partial charge in [0.2, 0.25) is 11.9 Å². The Kier molecular flexibility index (Phi) is 11.3. The lowest BCUT2D eigenvalue weighted by Gasteiger charge is -2.09. The number of nitrogens with one attached hydrogen (secondary N) is 1. The van der Waals surface area contributed by atoms with Crippen LogP contribution < -0.4 is 0 Å². The molecule has 6 heterocycles. The van der Waals surface area contributed by atoms with E-state index in [1.54, 1.807) is 79.6 Å². The number of H-pyrrole nitrogens is 1. The normalized spacial score (nSPS) is 14.0. The molecule has 19 heteroatoms. The van der Waals surface area contributed by atoms with Crippen molar-refractivity contribution in [3.63, 3.8) is 0 Å². The third kappa shape index (κ3) is 8.68. The minimum absolute atomic E-state index is 0.202. The van der Waals surface area contributed by atoms with Crippen LogP contribution in [0.25, 0.3) is 78.1 Å². The summed E-state index contributed by atoms with van der Waals surface area (Å²) in [6.45, 7) is 0. The first-order chi connectivity index (χ1) is 35.6. The second kappa shape index (κ2) is 18.2. The highest BCUT2D eigenvalue weighted by atomic mass is 79.9. The van der Waals surface area contributed by atoms with Gasteiger partial charge in [-0.3, -0.25) is 9.13 Å². The van der Waals surface area contributed by atoms with E-state index in [0.717, 1.165) is 109 Å². The number of rotatable bonds is 5. The fraction of sp³-hybridized carbons (Fsp3) is 0.167. The number of aromatic nitrogens is 12. The summed E-state index contributed by atoms with van der Waals surface area (Å²) in [7, 11) is 0. The Morgan fingerprint density at radius 1 is 0.452 bits per heavy atom. The Hall–Kier alpha value is -9.12. The first-order valence-electron chi connectivity index (χ1n) is 23.4. The lowest BCUT2D eigenvalue weighted by atomic mass is 10.2. The van der Waals surface area contributed by atoms with E-state index in [9.17, 15) is 13.2 Å². The van der Waals surface area contributed by atoms with Crippen molar-refractivity contribution >= 4 is 82.1 Å². The minimum Gasteiger partial charge on any atom is -0.345 e. The second-order valence-electron chi connectivity index (χ2n) is 18.0. The Morgan fingerprint density at radius 2 is 0.904 bits per heavy atom. The average Bonchev–Trinajstić information content (AvgIpc) is 4.36. The van der Waals surface area contributed by atoms with Gasteiger partial charge in [0.05, 0.1) is 107 Å². The number of benzene rings is 6. The van der Waals surface area contributed by atoms with Gasteiger partial charge in [-0.2, -0.15) is 15.8 Å². The molecule has 6 aromatic heterocycles. The molecule has 15 nitrogen and oxygen atoms in total. The smallest absolute Gasteiger partial charge is 0.216 e. The van der Waals surface area contributed by atoms with Crippen LogP contribution in [0.4, 0.5) is 13.2 Å². The molecule has 3 aliphatic rings. The van der Waals surface area contributed by atoms with Crippen molar-refractivity contribution in [3.8, 4) is 30.1 Å². The van der Waals surface area contributed by atoms with Crippen LogP contribution in [0.2, 0.25) is 0 Å². The number of fused-ring (bicyclic) bond motifs is 6. The van der Waals surface area contributed by atoms with E-state index in [4.69, 9.17) is 25.8 Å². The third-order valence-corrected chi connectivity index (χ3v) is 13.5. The minimum atomic E-state index is -0.266. The number of aromatic amines is 1. The summed E-state index contributed by atoms with van der Waals surface area (Å²) >= 11 is 3.40. The number of imidazole rings is 6. The lowest BCUT2D eigenvalue weighted by Crippen LogP contribution is -2.05. The molecule has 0 saturated heterocycles. The molecule has 0 radical (unpaired) electrons. The van der Waals surface area contributed by atoms with Crippen LogP contribution in [-0.2, 0) is 0 Å². The summed E-state index contributed by atoms with van der Waals surface area (Å²) in [6, 6.07) is 37.7. The molecular weight excluding hydrogens is 996 g/mol. The quantitative estimate of drug-likeness (QED) is 0.175. The van der Waals surface area contributed by atoms with Gasteiger partial charge in [-0.15, -0.1) is 0 Å². The van der Waals surface area contributed by atoms with E-state index < -0.39 is 0 Å². The molecule has 3 saturated carbocycles. The summed E-state index contributed by atoms with van der Waals surface area (Å²) in [5.74, 6) is 0.732. The lowest BCUT2D eigenvalue weighted by molar-refractivity contribution is 0.627. The maximum Gasteiger partial charge on any atom is 0.216 e. The molecule has 12 aromatic rings. The summed E-state index contributed by atoms with van der Waals surface area (Å²) in [6.07, 6.45) is 11.6. The summed E-state index contributed by atoms with van der Waals surface area (Å²) < 4.78 is 51.3. The van der Waals surface area contributed by atoms with E-state index in [-0.39, 0.29) is 17.5 Å². The standard InChI is InChI=1S/2C18H12FN5.C10H8BrFN2.C8H5N3/c19-12-2-5-14-17(8-12)24(13-3-4-13)18(22-14)23-10-21-15-7-11(9-20)1-6-16(15)23;19-12-2-6-15-17(8-12)24(13-3-4-13)18(22-15)23-10-21-14-5-1-11(9-20)7-16(14)23;11-10-13-8-4-1-6(12)5-9(8)14(10)7-2-3-7;9-4-6-1-2-7-8(3-6)11-5-10-7/h2*1-2,5-8,10,13H,3-4H2;1,4-5,7H,2-3H2;1-3,5H,(H,10,11). The van der Waals surface area contributed by atoms with Crippen molar-refractivity contribution in [2.45, 2.75) is 56.7 Å². The SMILES string of the molecule is Fc1ccc2nc(Br)n(C3CC3)c2c1.N#Cc1ccc2c(c1)ncn2-c1nc2ccc(F)cc2n1C1CC1.N#Cc1ccc2nc[nH]c2c1.N#Cc1ccc2ncn(-c3nc4ccc(F)cc4n3C3CC3)c2c1. The van der Waals surface area contributed by atoms with Crippen LogP contribution in [0.3, 0.4) is 0 Å². The van der Waals surface area contributed by atoms with Crippen molar-refractivity contribution in [2.24, 2.45) is 0 Å². The van der Waals surface area contributed by atoms with Crippen molar-refractivity contribution < 1.29 is 13.2 Å². The average molecular weight is 1030 g/mol. The van der Waals surface area contributed by atoms with Crippen molar-refractivity contribution in [1.29, 1.82) is 15.8 Å². The first-order valence-corrected chi connectivity index (χ1v) is 24.2. The number of halogens is 4. The zero-order valence-electron chi connectivity index (χ0n) is 38.4. The number of nitriles is 3. The molecule has 0 aliphatic heterocycles. The summed E-state index contributed by atoms with van der Waals surface area (Å²) in [5.41, 5.74) is 11.7. The highest BCUT2D eigenvalue weighted by molar-refractivity contribution is 9.10. The van der Waals surface area contributed by atoms with Gasteiger partial charge in [-0.05, 0) is 164 Å². The van der Waals surface area contributed by atoms with Gasteiger partial charge in [-0.25, -0.2) is 43.1 Å². The van der Waals surface area contributed by atoms with Gasteiger partial charge in [0.25, 0.3) is 0 Å². The van der Waals surface area contributed by atoms with E-state index in [0.29, 0.717) is 34.8 Å². The molecule has 0 amide bonds. The Labute approximate surface area is 420 Å². The Morgan fingerprint density at radius 3 is 1.47 bits per heavy atom. The van der Waals surface area contributed by atoms with Crippen LogP contribution >= 0.6 is 15.9 Å². The monoisotopic (exact) mass is 1030 g/mol. The number of nitrogens with zero attached hydrogens (tertiary/aromatic N) is 14. The molecule has 1 N–H and O–H groups in total. The molecule has 3 aliphatic carbocycles. The van der Waals surface area contributed by atoms with Crippen molar-refractivity contribution in [1.82, 2.24) is 57.7 Å². The number of hydrogen-bond donors (Lipinski definition) is 1. The highest BCUT2D eigenvalue weighted by Gasteiger charge is 2.31. The Bertz CT molecular complexity index is 4260. The largest absolute Gasteiger partial charge is 0.345 e. The van der Waals surface area contributed by atoms with Gasteiger partial charge < -0.3 is 18.7 Å². The molecule has 356 valence electrons. The zero-order valence-corrected chi connectivity index (χ0v) is 40.0. The van der Waals surface area contributed by atoms with Gasteiger partial charge in [0.15, 0.2) is 4.73 Å². The molecule has 0 spiro atoms. The predicted molar refractivity (Wildman–Crippen MR) is 271 cm³/mol. The first kappa shape index (κ1) is 45.0. The molecule has 0 atom stereocenters. The molecule has 15 rings (SSSR count). The molecular formula is C54H37BrF3N15. The predicted octanol–water partition coefficient (Wildman–Crippen LogP) is 12.1. The molecule has 0 bridgehead atoms. The fourth-order valence-corrected chi connectivity index (χ4v) is 9.70. The zero-order chi connectivity index (χ0) is 49.9. The van der Waals surface area contributed by atoms with Crippen molar-refractivity contribution in [2.75, 3.05) is 0 Å². The van der Waals surface area contributed by atoms with Crippen LogP contribution in [-0.4, -0.2) is 57.7 Å². The molecule has 0 unspecified atom stereocenters.